The molecule has 1 aromatic rings. The second kappa shape index (κ2) is 6.09. The topological polar surface area (TPSA) is 67.9 Å². The van der Waals surface area contributed by atoms with E-state index in [4.69, 9.17) is 9.47 Å². The Labute approximate surface area is 158 Å². The molecule has 27 heavy (non-hydrogen) atoms. The molecule has 0 unspecified atom stereocenters. The molecule has 2 bridgehead atoms. The summed E-state index contributed by atoms with van der Waals surface area (Å²) in [7, 11) is 0. The van der Waals surface area contributed by atoms with Crippen molar-refractivity contribution in [1.82, 2.24) is 10.2 Å². The smallest absolute Gasteiger partial charge is 0.230 e. The fourth-order valence-electron chi connectivity index (χ4n) is 4.98. The minimum Gasteiger partial charge on any atom is -0.493 e. The Morgan fingerprint density at radius 1 is 1.41 bits per heavy atom. The summed E-state index contributed by atoms with van der Waals surface area (Å²) < 4.78 is 11.7. The van der Waals surface area contributed by atoms with E-state index in [1.165, 1.54) is 5.56 Å². The first-order chi connectivity index (χ1) is 13.1. The number of carbonyl (C=O) groups is 2. The van der Waals surface area contributed by atoms with Crippen LogP contribution in [-0.2, 0) is 27.3 Å². The number of benzene rings is 1. The molecule has 1 aromatic carbocycles. The van der Waals surface area contributed by atoms with Crippen LogP contribution in [0.15, 0.2) is 30.4 Å². The molecular formula is C21H24N2O4. The van der Waals surface area contributed by atoms with E-state index in [0.29, 0.717) is 19.6 Å². The number of hydrogen-bond donors (Lipinski definition) is 1. The number of rotatable bonds is 4. The molecule has 4 atom stereocenters. The number of fused-ring (bicyclic) bond motifs is 2. The van der Waals surface area contributed by atoms with Gasteiger partial charge in [-0.1, -0.05) is 24.3 Å². The van der Waals surface area contributed by atoms with E-state index in [1.54, 1.807) is 4.90 Å². The summed E-state index contributed by atoms with van der Waals surface area (Å²) in [6.07, 6.45) is 5.67. The van der Waals surface area contributed by atoms with Gasteiger partial charge in [-0.05, 0) is 37.0 Å². The number of nitrogens with zero attached hydrogens (tertiary/aromatic N) is 1. The zero-order valence-corrected chi connectivity index (χ0v) is 15.4. The maximum atomic E-state index is 13.0. The van der Waals surface area contributed by atoms with Gasteiger partial charge in [0, 0.05) is 13.1 Å². The monoisotopic (exact) mass is 368 g/mol. The van der Waals surface area contributed by atoms with Crippen LogP contribution in [0.2, 0.25) is 0 Å². The predicted molar refractivity (Wildman–Crippen MR) is 98.1 cm³/mol. The Kier molecular flexibility index (Phi) is 3.79. The molecule has 0 aromatic heterocycles. The van der Waals surface area contributed by atoms with Crippen LogP contribution in [0, 0.1) is 11.8 Å². The van der Waals surface area contributed by atoms with Crippen molar-refractivity contribution in [2.75, 3.05) is 19.7 Å². The number of ether oxygens (including phenoxy) is 2. The summed E-state index contributed by atoms with van der Waals surface area (Å²) in [5.74, 6) is 0.0393. The lowest BCUT2D eigenvalue weighted by Gasteiger charge is -2.23. The first-order valence-corrected chi connectivity index (χ1v) is 9.79. The zero-order chi connectivity index (χ0) is 18.6. The van der Waals surface area contributed by atoms with Gasteiger partial charge in [0.25, 0.3) is 0 Å². The molecule has 2 saturated heterocycles. The quantitative estimate of drug-likeness (QED) is 0.817. The molecule has 6 nitrogen and oxygen atoms in total. The Morgan fingerprint density at radius 2 is 2.30 bits per heavy atom. The van der Waals surface area contributed by atoms with Crippen molar-refractivity contribution in [2.24, 2.45) is 11.8 Å². The van der Waals surface area contributed by atoms with E-state index in [1.807, 2.05) is 31.2 Å². The number of nitrogens with one attached hydrogen (secondary N) is 1. The highest BCUT2D eigenvalue weighted by atomic mass is 16.5. The highest BCUT2D eigenvalue weighted by Crippen LogP contribution is 2.51. The summed E-state index contributed by atoms with van der Waals surface area (Å²) >= 11 is 0. The largest absolute Gasteiger partial charge is 0.493 e. The molecule has 5 rings (SSSR count). The highest BCUT2D eigenvalue weighted by Gasteiger charge is 2.66. The van der Waals surface area contributed by atoms with Crippen LogP contribution in [0.25, 0.3) is 0 Å². The van der Waals surface area contributed by atoms with E-state index in [9.17, 15) is 9.59 Å². The third kappa shape index (κ3) is 2.50. The first kappa shape index (κ1) is 16.8. The Bertz CT molecular complexity index is 835. The molecule has 2 fully saturated rings. The van der Waals surface area contributed by atoms with Gasteiger partial charge >= 0.3 is 0 Å². The van der Waals surface area contributed by atoms with Gasteiger partial charge in [-0.15, -0.1) is 0 Å². The molecule has 4 aliphatic rings. The Balaban J connectivity index is 1.30. The molecule has 2 amide bonds. The van der Waals surface area contributed by atoms with Gasteiger partial charge in [0.1, 0.15) is 11.4 Å². The third-order valence-electron chi connectivity index (χ3n) is 6.30. The fraction of sp³-hybridized carbons (Fsp3) is 0.524. The molecular weight excluding hydrogens is 344 g/mol. The van der Waals surface area contributed by atoms with Crippen molar-refractivity contribution in [3.63, 3.8) is 0 Å². The summed E-state index contributed by atoms with van der Waals surface area (Å²) in [6, 6.07) is 6.07. The van der Waals surface area contributed by atoms with Gasteiger partial charge in [-0.25, -0.2) is 0 Å². The first-order valence-electron chi connectivity index (χ1n) is 9.79. The van der Waals surface area contributed by atoms with Crippen molar-refractivity contribution in [3.05, 3.63) is 41.5 Å². The minimum atomic E-state index is -0.608. The molecule has 0 saturated carbocycles. The van der Waals surface area contributed by atoms with Crippen molar-refractivity contribution in [1.29, 1.82) is 0 Å². The maximum Gasteiger partial charge on any atom is 0.230 e. The normalized spacial score (nSPS) is 33.0. The van der Waals surface area contributed by atoms with Crippen LogP contribution < -0.4 is 10.1 Å². The highest BCUT2D eigenvalue weighted by molar-refractivity contribution is 5.93. The van der Waals surface area contributed by atoms with E-state index in [0.717, 1.165) is 30.8 Å². The van der Waals surface area contributed by atoms with E-state index in [-0.39, 0.29) is 17.9 Å². The molecule has 1 spiro atoms. The molecule has 1 N–H and O–H groups in total. The molecule has 0 aliphatic carbocycles. The third-order valence-corrected chi connectivity index (χ3v) is 6.30. The van der Waals surface area contributed by atoms with Crippen LogP contribution in [0.3, 0.4) is 0 Å². The molecule has 4 heterocycles. The van der Waals surface area contributed by atoms with Gasteiger partial charge in [-0.2, -0.15) is 0 Å². The minimum absolute atomic E-state index is 0.0374. The van der Waals surface area contributed by atoms with Crippen molar-refractivity contribution in [2.45, 2.75) is 38.0 Å². The van der Waals surface area contributed by atoms with Crippen LogP contribution in [0.1, 0.15) is 24.5 Å². The van der Waals surface area contributed by atoms with Gasteiger partial charge < -0.3 is 19.7 Å². The van der Waals surface area contributed by atoms with Crippen molar-refractivity contribution < 1.29 is 19.1 Å². The van der Waals surface area contributed by atoms with E-state index >= 15 is 0 Å². The van der Waals surface area contributed by atoms with Crippen LogP contribution in [-0.4, -0.2) is 48.1 Å². The van der Waals surface area contributed by atoms with Crippen molar-refractivity contribution in [3.8, 4) is 5.75 Å². The van der Waals surface area contributed by atoms with Gasteiger partial charge in [-0.3, -0.25) is 9.59 Å². The standard InChI is InChI=1S/C21H24N2O4/c1-2-23-12-21-8-7-16(27-21)17(18(21)20(23)25)19(24)22-11-13-5-6-15-14(10-13)4-3-9-26-15/h5-8,10,16-18H,2-4,9,11-12H2,1H3,(H,22,24)/t16-,17+,18-,21-/m1/s1. The number of likely N-dealkylation sites (N-methyl/N-ethyl adjacent to an activating group) is 1. The van der Waals surface area contributed by atoms with E-state index in [2.05, 4.69) is 11.4 Å². The predicted octanol–water partition coefficient (Wildman–Crippen LogP) is 1.43. The van der Waals surface area contributed by atoms with Crippen LogP contribution in [0.5, 0.6) is 5.75 Å². The molecule has 142 valence electrons. The zero-order valence-electron chi connectivity index (χ0n) is 15.4. The second-order valence-corrected chi connectivity index (χ2v) is 7.86. The number of amides is 2. The number of hydrogen-bond acceptors (Lipinski definition) is 4. The Morgan fingerprint density at radius 3 is 3.15 bits per heavy atom. The second-order valence-electron chi connectivity index (χ2n) is 7.86. The van der Waals surface area contributed by atoms with E-state index < -0.39 is 17.4 Å². The number of aryl methyl sites for hydroxylation is 1. The summed E-state index contributed by atoms with van der Waals surface area (Å²) in [5, 5.41) is 3.03. The summed E-state index contributed by atoms with van der Waals surface area (Å²) in [6.45, 7) is 4.37. The lowest BCUT2D eigenvalue weighted by atomic mass is 9.77. The molecule has 4 aliphatic heterocycles. The number of carbonyl (C=O) groups excluding carboxylic acids is 2. The summed E-state index contributed by atoms with van der Waals surface area (Å²) in [5.41, 5.74) is 1.64. The lowest BCUT2D eigenvalue weighted by Crippen LogP contribution is -2.43. The fourth-order valence-corrected chi connectivity index (χ4v) is 4.98. The van der Waals surface area contributed by atoms with Gasteiger partial charge in [0.05, 0.1) is 31.1 Å². The van der Waals surface area contributed by atoms with Crippen LogP contribution in [0.4, 0.5) is 0 Å². The average Bonchev–Trinajstić information content (AvgIpc) is 3.34. The number of likely N-dealkylation sites (tertiary alicyclic amines) is 1. The maximum absolute atomic E-state index is 13.0. The van der Waals surface area contributed by atoms with Gasteiger partial charge in [0.2, 0.25) is 11.8 Å². The van der Waals surface area contributed by atoms with Crippen molar-refractivity contribution >= 4 is 11.8 Å². The summed E-state index contributed by atoms with van der Waals surface area (Å²) in [4.78, 5) is 27.5. The SMILES string of the molecule is CCN1C[C@@]23C=C[C@@H](O2)[C@H](C(=O)NCc2ccc4c(c2)CCCO4)[C@@H]3C1=O. The van der Waals surface area contributed by atoms with Crippen LogP contribution >= 0.6 is 0 Å². The van der Waals surface area contributed by atoms with Gasteiger partial charge in [0.15, 0.2) is 0 Å². The lowest BCUT2D eigenvalue weighted by molar-refractivity contribution is -0.137. The average molecular weight is 368 g/mol. The Hall–Kier alpha value is -2.34. The molecule has 0 radical (unpaired) electrons. The molecule has 6 heteroatoms.